The zero-order valence-corrected chi connectivity index (χ0v) is 15.9. The first-order chi connectivity index (χ1) is 11.0. The van der Waals surface area contributed by atoms with Crippen LogP contribution in [0.1, 0.15) is 16.5 Å². The molecule has 0 saturated heterocycles. The van der Waals surface area contributed by atoms with Gasteiger partial charge in [0, 0.05) is 4.88 Å². The van der Waals surface area contributed by atoms with Crippen molar-refractivity contribution in [3.8, 4) is 10.8 Å². The van der Waals surface area contributed by atoms with Crippen molar-refractivity contribution in [1.29, 1.82) is 0 Å². The number of nitrogens with zero attached hydrogens (tertiary/aromatic N) is 3. The number of primary amides is 1. The van der Waals surface area contributed by atoms with Crippen LogP contribution < -0.4 is 5.73 Å². The Labute approximate surface area is 152 Å². The third-order valence-electron chi connectivity index (χ3n) is 2.78. The van der Waals surface area contributed by atoms with Crippen molar-refractivity contribution in [2.75, 3.05) is 0 Å². The molecule has 0 saturated carbocycles. The predicted octanol–water partition coefficient (Wildman–Crippen LogP) is 3.65. The molecule has 6 nitrogen and oxygen atoms in total. The van der Waals surface area contributed by atoms with Crippen molar-refractivity contribution >= 4 is 56.3 Å². The van der Waals surface area contributed by atoms with Crippen LogP contribution in [-0.2, 0) is 17.0 Å². The number of nitrogens with two attached hydrogens (primary N) is 1. The monoisotopic (exact) mass is 430 g/mol. The molecule has 0 unspecified atom stereocenters. The van der Waals surface area contributed by atoms with Gasteiger partial charge in [-0.25, -0.2) is 4.98 Å². The van der Waals surface area contributed by atoms with E-state index in [1.165, 1.54) is 34.4 Å². The van der Waals surface area contributed by atoms with Gasteiger partial charge in [-0.05, 0) is 35.0 Å². The Kier molecular flexibility index (Phi) is 5.14. The molecule has 3 rings (SSSR count). The number of thiophene rings is 1. The second-order valence-electron chi connectivity index (χ2n) is 4.52. The number of rotatable bonds is 6. The van der Waals surface area contributed by atoms with Gasteiger partial charge in [0.25, 0.3) is 5.89 Å². The van der Waals surface area contributed by atoms with E-state index in [4.69, 9.17) is 10.2 Å². The second kappa shape index (κ2) is 7.12. The number of hydrogen-bond acceptors (Lipinski definition) is 8. The van der Waals surface area contributed by atoms with Crippen molar-refractivity contribution in [3.05, 3.63) is 32.4 Å². The van der Waals surface area contributed by atoms with Crippen LogP contribution in [-0.4, -0.2) is 21.1 Å². The van der Waals surface area contributed by atoms with Crippen LogP contribution in [0.2, 0.25) is 0 Å². The molecule has 10 heteroatoms. The standard InChI is InChI=1S/C13H11BrN4O2S3/c1-6-8(4-10(15)19)23-13(16-6)21-5-11-17-18-12(20-11)7-2-3-9(14)22-7/h2-3H,4-5H2,1H3,(H2,15,19). The van der Waals surface area contributed by atoms with Gasteiger partial charge in [0.1, 0.15) is 0 Å². The number of hydrogen-bond donors (Lipinski definition) is 1. The molecule has 0 atom stereocenters. The highest BCUT2D eigenvalue weighted by Gasteiger charge is 2.14. The number of thiazole rings is 1. The van der Waals surface area contributed by atoms with Gasteiger partial charge < -0.3 is 10.2 Å². The molecular weight excluding hydrogens is 420 g/mol. The van der Waals surface area contributed by atoms with Crippen molar-refractivity contribution in [1.82, 2.24) is 15.2 Å². The van der Waals surface area contributed by atoms with Gasteiger partial charge in [-0.1, -0.05) is 11.8 Å². The van der Waals surface area contributed by atoms with Crippen LogP contribution in [0.25, 0.3) is 10.8 Å². The van der Waals surface area contributed by atoms with E-state index < -0.39 is 0 Å². The van der Waals surface area contributed by atoms with Crippen molar-refractivity contribution in [2.45, 2.75) is 23.4 Å². The zero-order chi connectivity index (χ0) is 16.4. The van der Waals surface area contributed by atoms with E-state index in [1.807, 2.05) is 19.1 Å². The summed E-state index contributed by atoms with van der Waals surface area (Å²) in [6.07, 6.45) is 0.224. The Bertz CT molecular complexity index is 842. The molecule has 1 amide bonds. The summed E-state index contributed by atoms with van der Waals surface area (Å²) in [6.45, 7) is 1.87. The van der Waals surface area contributed by atoms with Crippen molar-refractivity contribution in [2.24, 2.45) is 5.73 Å². The quantitative estimate of drug-likeness (QED) is 0.599. The second-order valence-corrected chi connectivity index (χ2v) is 9.29. The van der Waals surface area contributed by atoms with E-state index in [9.17, 15) is 4.79 Å². The smallest absolute Gasteiger partial charge is 0.257 e. The van der Waals surface area contributed by atoms with Crippen LogP contribution in [0.15, 0.2) is 24.7 Å². The molecule has 3 aromatic rings. The molecule has 3 heterocycles. The molecular formula is C13H11BrN4O2S3. The van der Waals surface area contributed by atoms with E-state index in [0.29, 0.717) is 17.5 Å². The average Bonchev–Trinajstić information content (AvgIpc) is 3.18. The molecule has 0 radical (unpaired) electrons. The number of carbonyl (C=O) groups excluding carboxylic acids is 1. The van der Waals surface area contributed by atoms with E-state index >= 15 is 0 Å². The van der Waals surface area contributed by atoms with Crippen LogP contribution in [0.5, 0.6) is 0 Å². The minimum Gasteiger partial charge on any atom is -0.419 e. The zero-order valence-electron chi connectivity index (χ0n) is 11.9. The molecule has 23 heavy (non-hydrogen) atoms. The van der Waals surface area contributed by atoms with Gasteiger partial charge in [-0.15, -0.1) is 32.9 Å². The van der Waals surface area contributed by atoms with Gasteiger partial charge in [0.2, 0.25) is 11.8 Å². The minimum absolute atomic E-state index is 0.224. The number of aryl methyl sites for hydroxylation is 1. The summed E-state index contributed by atoms with van der Waals surface area (Å²) >= 11 is 7.92. The lowest BCUT2D eigenvalue weighted by atomic mass is 10.3. The third kappa shape index (κ3) is 4.19. The average molecular weight is 431 g/mol. The van der Waals surface area contributed by atoms with Crippen molar-refractivity contribution in [3.63, 3.8) is 0 Å². The third-order valence-corrected chi connectivity index (χ3v) is 6.67. The lowest BCUT2D eigenvalue weighted by molar-refractivity contribution is -0.117. The van der Waals surface area contributed by atoms with Gasteiger partial charge in [0.15, 0.2) is 4.34 Å². The first kappa shape index (κ1) is 16.6. The number of aromatic nitrogens is 3. The SMILES string of the molecule is Cc1nc(SCc2nnc(-c3ccc(Br)s3)o2)sc1CC(N)=O. The summed E-state index contributed by atoms with van der Waals surface area (Å²) in [5.74, 6) is 1.24. The Morgan fingerprint density at radius 3 is 2.91 bits per heavy atom. The first-order valence-electron chi connectivity index (χ1n) is 6.47. The molecule has 0 spiro atoms. The maximum atomic E-state index is 11.0. The Hall–Kier alpha value is -1.23. The summed E-state index contributed by atoms with van der Waals surface area (Å²) in [4.78, 5) is 17.3. The molecule has 0 aliphatic rings. The van der Waals surface area contributed by atoms with E-state index in [2.05, 4.69) is 31.1 Å². The highest BCUT2D eigenvalue weighted by atomic mass is 79.9. The van der Waals surface area contributed by atoms with E-state index in [0.717, 1.165) is 23.6 Å². The number of carbonyl (C=O) groups is 1. The fourth-order valence-corrected chi connectivity index (χ4v) is 5.14. The minimum atomic E-state index is -0.350. The van der Waals surface area contributed by atoms with E-state index in [-0.39, 0.29) is 12.3 Å². The lowest BCUT2D eigenvalue weighted by Crippen LogP contribution is -2.13. The van der Waals surface area contributed by atoms with Crippen LogP contribution >= 0.6 is 50.4 Å². The van der Waals surface area contributed by atoms with Crippen LogP contribution in [0.4, 0.5) is 0 Å². The summed E-state index contributed by atoms with van der Waals surface area (Å²) in [6, 6.07) is 3.87. The number of amides is 1. The molecule has 0 bridgehead atoms. The normalized spacial score (nSPS) is 11.0. The summed E-state index contributed by atoms with van der Waals surface area (Å²) in [7, 11) is 0. The topological polar surface area (TPSA) is 94.9 Å². The largest absolute Gasteiger partial charge is 0.419 e. The first-order valence-corrected chi connectivity index (χ1v) is 9.88. The molecule has 120 valence electrons. The predicted molar refractivity (Wildman–Crippen MR) is 94.6 cm³/mol. The molecule has 0 fully saturated rings. The Morgan fingerprint density at radius 2 is 2.22 bits per heavy atom. The molecule has 3 aromatic heterocycles. The summed E-state index contributed by atoms with van der Waals surface area (Å²) in [5.41, 5.74) is 6.06. The molecule has 0 aromatic carbocycles. The summed E-state index contributed by atoms with van der Waals surface area (Å²) in [5, 5.41) is 8.11. The summed E-state index contributed by atoms with van der Waals surface area (Å²) < 4.78 is 7.53. The highest BCUT2D eigenvalue weighted by Crippen LogP contribution is 2.32. The highest BCUT2D eigenvalue weighted by molar-refractivity contribution is 9.11. The van der Waals surface area contributed by atoms with Crippen molar-refractivity contribution < 1.29 is 9.21 Å². The van der Waals surface area contributed by atoms with Gasteiger partial charge in [-0.3, -0.25) is 4.79 Å². The molecule has 0 aliphatic carbocycles. The lowest BCUT2D eigenvalue weighted by Gasteiger charge is -1.92. The van der Waals surface area contributed by atoms with Gasteiger partial charge in [0.05, 0.1) is 26.5 Å². The van der Waals surface area contributed by atoms with Crippen LogP contribution in [0, 0.1) is 6.92 Å². The Balaban J connectivity index is 1.65. The molecule has 2 N–H and O–H groups in total. The van der Waals surface area contributed by atoms with E-state index in [1.54, 1.807) is 0 Å². The van der Waals surface area contributed by atoms with Gasteiger partial charge in [-0.2, -0.15) is 0 Å². The number of thioether (sulfide) groups is 1. The Morgan fingerprint density at radius 1 is 1.39 bits per heavy atom. The fourth-order valence-electron chi connectivity index (χ4n) is 1.75. The maximum Gasteiger partial charge on any atom is 0.257 e. The van der Waals surface area contributed by atoms with Crippen LogP contribution in [0.3, 0.4) is 0 Å². The van der Waals surface area contributed by atoms with Gasteiger partial charge >= 0.3 is 0 Å². The maximum absolute atomic E-state index is 11.0. The fraction of sp³-hybridized carbons (Fsp3) is 0.231. The number of halogens is 1. The molecule has 0 aliphatic heterocycles.